The SMILES string of the molecule is CC(C)n1ncc2cc(C(=O)Nc3cc(C(N)=O)ccc3N3CCCCC3)cnc21. The number of aromatic nitrogens is 3. The second kappa shape index (κ2) is 8.14. The Hall–Kier alpha value is -3.42. The molecule has 8 heteroatoms. The van der Waals surface area contributed by atoms with E-state index < -0.39 is 5.91 Å². The van der Waals surface area contributed by atoms with Gasteiger partial charge in [0.1, 0.15) is 0 Å². The van der Waals surface area contributed by atoms with Crippen molar-refractivity contribution in [3.05, 3.63) is 47.8 Å². The number of carbonyl (C=O) groups excluding carboxylic acids is 2. The number of fused-ring (bicyclic) bond motifs is 1. The Bertz CT molecular complexity index is 1100. The van der Waals surface area contributed by atoms with Crippen molar-refractivity contribution in [2.75, 3.05) is 23.3 Å². The minimum absolute atomic E-state index is 0.179. The fourth-order valence-corrected chi connectivity index (χ4v) is 3.84. The van der Waals surface area contributed by atoms with Crippen LogP contribution in [0.1, 0.15) is 59.9 Å². The van der Waals surface area contributed by atoms with Gasteiger partial charge in [0.15, 0.2) is 5.65 Å². The summed E-state index contributed by atoms with van der Waals surface area (Å²) in [7, 11) is 0. The standard InChI is InChI=1S/C22H26N6O2/c1-14(2)28-21-16(13-25-28)10-17(12-24-21)22(30)26-18-11-15(20(23)29)6-7-19(18)27-8-4-3-5-9-27/h6-7,10-14H,3-5,8-9H2,1-2H3,(H2,23,29)(H,26,30). The van der Waals surface area contributed by atoms with E-state index in [9.17, 15) is 9.59 Å². The first-order valence-corrected chi connectivity index (χ1v) is 10.3. The van der Waals surface area contributed by atoms with Crippen LogP contribution in [0.4, 0.5) is 11.4 Å². The first-order chi connectivity index (χ1) is 14.4. The van der Waals surface area contributed by atoms with E-state index in [1.807, 2.05) is 24.6 Å². The number of hydrogen-bond acceptors (Lipinski definition) is 5. The van der Waals surface area contributed by atoms with Gasteiger partial charge < -0.3 is 16.0 Å². The minimum atomic E-state index is -0.528. The molecule has 3 heterocycles. The third kappa shape index (κ3) is 3.85. The molecule has 1 fully saturated rings. The van der Waals surface area contributed by atoms with Gasteiger partial charge in [-0.05, 0) is 57.4 Å². The second-order valence-electron chi connectivity index (χ2n) is 7.92. The van der Waals surface area contributed by atoms with Crippen LogP contribution in [-0.2, 0) is 0 Å². The Morgan fingerprint density at radius 3 is 2.53 bits per heavy atom. The maximum atomic E-state index is 13.0. The van der Waals surface area contributed by atoms with Gasteiger partial charge in [0.2, 0.25) is 5.91 Å². The van der Waals surface area contributed by atoms with E-state index in [1.54, 1.807) is 30.6 Å². The predicted molar refractivity (Wildman–Crippen MR) is 117 cm³/mol. The van der Waals surface area contributed by atoms with Crippen molar-refractivity contribution in [3.63, 3.8) is 0 Å². The molecular weight excluding hydrogens is 380 g/mol. The molecule has 3 aromatic rings. The Kier molecular flexibility index (Phi) is 5.39. The zero-order chi connectivity index (χ0) is 21.3. The molecule has 1 saturated heterocycles. The van der Waals surface area contributed by atoms with Gasteiger partial charge in [-0.25, -0.2) is 9.67 Å². The fraction of sp³-hybridized carbons (Fsp3) is 0.364. The highest BCUT2D eigenvalue weighted by Crippen LogP contribution is 2.30. The van der Waals surface area contributed by atoms with Gasteiger partial charge in [-0.3, -0.25) is 9.59 Å². The lowest BCUT2D eigenvalue weighted by molar-refractivity contribution is 0.0996. The summed E-state index contributed by atoms with van der Waals surface area (Å²) < 4.78 is 1.82. The van der Waals surface area contributed by atoms with Gasteiger partial charge in [-0.15, -0.1) is 0 Å². The van der Waals surface area contributed by atoms with Gasteiger partial charge in [-0.1, -0.05) is 0 Å². The van der Waals surface area contributed by atoms with E-state index in [0.29, 0.717) is 16.8 Å². The van der Waals surface area contributed by atoms with Crippen LogP contribution < -0.4 is 16.0 Å². The first-order valence-electron chi connectivity index (χ1n) is 10.3. The van der Waals surface area contributed by atoms with Crippen LogP contribution in [0.2, 0.25) is 0 Å². The molecule has 0 saturated carbocycles. The fourth-order valence-electron chi connectivity index (χ4n) is 3.84. The maximum absolute atomic E-state index is 13.0. The molecule has 4 rings (SSSR count). The molecule has 1 aliphatic heterocycles. The summed E-state index contributed by atoms with van der Waals surface area (Å²) in [6.45, 7) is 5.90. The Morgan fingerprint density at radius 1 is 1.07 bits per heavy atom. The first kappa shape index (κ1) is 19.9. The number of rotatable bonds is 5. The van der Waals surface area contributed by atoms with Crippen LogP contribution in [-0.4, -0.2) is 39.7 Å². The summed E-state index contributed by atoms with van der Waals surface area (Å²) in [4.78, 5) is 31.4. The van der Waals surface area contributed by atoms with E-state index in [1.165, 1.54) is 6.42 Å². The van der Waals surface area contributed by atoms with Crippen LogP contribution >= 0.6 is 0 Å². The zero-order valence-corrected chi connectivity index (χ0v) is 17.3. The second-order valence-corrected chi connectivity index (χ2v) is 7.92. The highest BCUT2D eigenvalue weighted by atomic mass is 16.2. The van der Waals surface area contributed by atoms with Gasteiger partial charge >= 0.3 is 0 Å². The minimum Gasteiger partial charge on any atom is -0.370 e. The quantitative estimate of drug-likeness (QED) is 0.676. The Labute approximate surface area is 175 Å². The lowest BCUT2D eigenvalue weighted by Gasteiger charge is -2.30. The van der Waals surface area contributed by atoms with Gasteiger partial charge in [0.05, 0.1) is 23.1 Å². The Morgan fingerprint density at radius 2 is 1.83 bits per heavy atom. The molecule has 0 aliphatic carbocycles. The molecule has 0 spiro atoms. The average Bonchev–Trinajstić information content (AvgIpc) is 3.18. The van der Waals surface area contributed by atoms with Crippen molar-refractivity contribution < 1.29 is 9.59 Å². The predicted octanol–water partition coefficient (Wildman–Crippen LogP) is 3.35. The van der Waals surface area contributed by atoms with Crippen molar-refractivity contribution in [2.24, 2.45) is 5.73 Å². The number of carbonyl (C=O) groups is 2. The number of piperidine rings is 1. The molecule has 2 amide bonds. The van der Waals surface area contributed by atoms with Crippen molar-refractivity contribution in [1.29, 1.82) is 0 Å². The van der Waals surface area contributed by atoms with Crippen LogP contribution in [0.5, 0.6) is 0 Å². The normalized spacial score (nSPS) is 14.3. The van der Waals surface area contributed by atoms with E-state index >= 15 is 0 Å². The Balaban J connectivity index is 1.65. The topological polar surface area (TPSA) is 106 Å². The molecule has 0 radical (unpaired) electrons. The molecule has 0 atom stereocenters. The monoisotopic (exact) mass is 406 g/mol. The molecule has 156 valence electrons. The molecule has 3 N–H and O–H groups in total. The number of anilines is 2. The summed E-state index contributed by atoms with van der Waals surface area (Å²) in [6, 6.07) is 7.17. The van der Waals surface area contributed by atoms with E-state index in [4.69, 9.17) is 5.73 Å². The van der Waals surface area contributed by atoms with Gasteiger partial charge in [0, 0.05) is 36.3 Å². The smallest absolute Gasteiger partial charge is 0.257 e. The third-order valence-electron chi connectivity index (χ3n) is 5.41. The number of amides is 2. The van der Waals surface area contributed by atoms with E-state index in [2.05, 4.69) is 20.3 Å². The molecule has 2 aromatic heterocycles. The summed E-state index contributed by atoms with van der Waals surface area (Å²) in [5.41, 5.74) is 8.47. The van der Waals surface area contributed by atoms with Crippen molar-refractivity contribution >= 4 is 34.2 Å². The van der Waals surface area contributed by atoms with Gasteiger partial charge in [0.25, 0.3) is 5.91 Å². The largest absolute Gasteiger partial charge is 0.370 e. The van der Waals surface area contributed by atoms with Crippen LogP contribution in [0.25, 0.3) is 11.0 Å². The summed E-state index contributed by atoms with van der Waals surface area (Å²) >= 11 is 0. The zero-order valence-electron chi connectivity index (χ0n) is 17.3. The van der Waals surface area contributed by atoms with Crippen molar-refractivity contribution in [2.45, 2.75) is 39.2 Å². The molecule has 0 unspecified atom stereocenters. The van der Waals surface area contributed by atoms with Gasteiger partial charge in [-0.2, -0.15) is 5.10 Å². The summed E-state index contributed by atoms with van der Waals surface area (Å²) in [5, 5.41) is 8.11. The van der Waals surface area contributed by atoms with E-state index in [-0.39, 0.29) is 11.9 Å². The number of nitrogens with zero attached hydrogens (tertiary/aromatic N) is 4. The number of nitrogens with two attached hydrogens (primary N) is 1. The number of primary amides is 1. The van der Waals surface area contributed by atoms with Crippen LogP contribution in [0.15, 0.2) is 36.7 Å². The lowest BCUT2D eigenvalue weighted by Crippen LogP contribution is -2.30. The van der Waals surface area contributed by atoms with E-state index in [0.717, 1.165) is 42.7 Å². The van der Waals surface area contributed by atoms with Crippen molar-refractivity contribution in [1.82, 2.24) is 14.8 Å². The molecule has 1 aromatic carbocycles. The molecule has 0 bridgehead atoms. The number of pyridine rings is 1. The molecule has 30 heavy (non-hydrogen) atoms. The number of nitrogens with one attached hydrogen (secondary N) is 1. The van der Waals surface area contributed by atoms with Crippen molar-refractivity contribution in [3.8, 4) is 0 Å². The van der Waals surface area contributed by atoms with Crippen LogP contribution in [0.3, 0.4) is 0 Å². The highest BCUT2D eigenvalue weighted by molar-refractivity contribution is 6.08. The summed E-state index contributed by atoms with van der Waals surface area (Å²) in [5.74, 6) is -0.818. The highest BCUT2D eigenvalue weighted by Gasteiger charge is 2.19. The maximum Gasteiger partial charge on any atom is 0.257 e. The lowest BCUT2D eigenvalue weighted by atomic mass is 10.1. The molecule has 1 aliphatic rings. The third-order valence-corrected chi connectivity index (χ3v) is 5.41. The molecular formula is C22H26N6O2. The number of hydrogen-bond donors (Lipinski definition) is 2. The van der Waals surface area contributed by atoms with Crippen LogP contribution in [0, 0.1) is 0 Å². The average molecular weight is 406 g/mol. The summed E-state index contributed by atoms with van der Waals surface area (Å²) in [6.07, 6.45) is 6.67. The number of benzene rings is 1. The molecule has 8 nitrogen and oxygen atoms in total.